The highest BCUT2D eigenvalue weighted by atomic mass is 16.2. The molecule has 1 saturated heterocycles. The lowest BCUT2D eigenvalue weighted by Crippen LogP contribution is -2.58. The molecule has 0 aromatic carbocycles. The van der Waals surface area contributed by atoms with Crippen molar-refractivity contribution in [3.8, 4) is 0 Å². The van der Waals surface area contributed by atoms with Gasteiger partial charge in [0.25, 0.3) is 0 Å². The topological polar surface area (TPSA) is 73.5 Å². The molecule has 1 aliphatic rings. The zero-order valence-corrected chi connectivity index (χ0v) is 9.17. The fraction of sp³-hybridized carbons (Fsp3) is 0.778. The molecule has 15 heavy (non-hydrogen) atoms. The third-order valence-electron chi connectivity index (χ3n) is 2.37. The maximum absolute atomic E-state index is 11.3. The summed E-state index contributed by atoms with van der Waals surface area (Å²) < 4.78 is 0. The lowest BCUT2D eigenvalue weighted by molar-refractivity contribution is -0.121. The highest BCUT2D eigenvalue weighted by Gasteiger charge is 2.23. The largest absolute Gasteiger partial charge is 0.338 e. The molecule has 6 nitrogen and oxygen atoms in total. The Morgan fingerprint density at radius 2 is 2.13 bits per heavy atom. The van der Waals surface area contributed by atoms with E-state index in [1.165, 1.54) is 0 Å². The number of carbonyl (C=O) groups excluding carboxylic acids is 2. The maximum atomic E-state index is 11.3. The first-order valence-electron chi connectivity index (χ1n) is 5.12. The van der Waals surface area contributed by atoms with Crippen LogP contribution in [-0.2, 0) is 4.79 Å². The summed E-state index contributed by atoms with van der Waals surface area (Å²) in [4.78, 5) is 24.3. The molecular formula is C9H18N4O2. The van der Waals surface area contributed by atoms with Crippen LogP contribution in [0.25, 0.3) is 0 Å². The minimum atomic E-state index is -0.428. The van der Waals surface area contributed by atoms with E-state index in [1.807, 2.05) is 11.9 Å². The van der Waals surface area contributed by atoms with Crippen molar-refractivity contribution in [2.75, 3.05) is 33.2 Å². The van der Waals surface area contributed by atoms with Crippen molar-refractivity contribution in [1.29, 1.82) is 0 Å². The highest BCUT2D eigenvalue weighted by molar-refractivity contribution is 5.95. The Morgan fingerprint density at radius 1 is 1.47 bits per heavy atom. The number of likely N-dealkylation sites (N-methyl/N-ethyl adjacent to an activating group) is 1. The van der Waals surface area contributed by atoms with E-state index in [1.54, 1.807) is 6.92 Å². The van der Waals surface area contributed by atoms with Gasteiger partial charge in [-0.3, -0.25) is 15.0 Å². The lowest BCUT2D eigenvalue weighted by Gasteiger charge is -2.35. The normalized spacial score (nSPS) is 15.9. The molecule has 1 heterocycles. The molecule has 3 N–H and O–H groups in total. The Labute approximate surface area is 89.4 Å². The first kappa shape index (κ1) is 11.9. The van der Waals surface area contributed by atoms with Crippen LogP contribution in [0.5, 0.6) is 0 Å². The second-order valence-electron chi connectivity index (χ2n) is 3.63. The summed E-state index contributed by atoms with van der Waals surface area (Å²) in [5.41, 5.74) is 0. The van der Waals surface area contributed by atoms with E-state index < -0.39 is 6.03 Å². The molecule has 1 aliphatic heterocycles. The summed E-state index contributed by atoms with van der Waals surface area (Å²) in [7, 11) is 1.88. The molecule has 86 valence electrons. The number of nitrogens with zero attached hydrogens (tertiary/aromatic N) is 1. The van der Waals surface area contributed by atoms with Crippen LogP contribution in [0.2, 0.25) is 0 Å². The van der Waals surface area contributed by atoms with Gasteiger partial charge in [-0.1, -0.05) is 0 Å². The monoisotopic (exact) mass is 214 g/mol. The summed E-state index contributed by atoms with van der Waals surface area (Å²) in [5, 5.41) is 7.89. The zero-order chi connectivity index (χ0) is 11.3. The third kappa shape index (κ3) is 3.85. The molecule has 0 aromatic rings. The third-order valence-corrected chi connectivity index (χ3v) is 2.37. The number of urea groups is 1. The number of hydrogen-bond acceptors (Lipinski definition) is 4. The number of rotatable bonds is 4. The van der Waals surface area contributed by atoms with E-state index in [0.29, 0.717) is 12.6 Å². The second kappa shape index (κ2) is 5.67. The Bertz CT molecular complexity index is 240. The average molecular weight is 214 g/mol. The molecule has 0 aromatic heterocycles. The van der Waals surface area contributed by atoms with Gasteiger partial charge in [0.2, 0.25) is 5.91 Å². The van der Waals surface area contributed by atoms with Crippen molar-refractivity contribution >= 4 is 11.9 Å². The molecule has 0 bridgehead atoms. The van der Waals surface area contributed by atoms with Crippen LogP contribution in [0, 0.1) is 0 Å². The van der Waals surface area contributed by atoms with Gasteiger partial charge in [0.05, 0.1) is 6.54 Å². The van der Waals surface area contributed by atoms with Gasteiger partial charge in [-0.25, -0.2) is 4.79 Å². The van der Waals surface area contributed by atoms with Crippen molar-refractivity contribution in [2.45, 2.75) is 13.0 Å². The van der Waals surface area contributed by atoms with E-state index in [4.69, 9.17) is 0 Å². The van der Waals surface area contributed by atoms with Gasteiger partial charge in [0.1, 0.15) is 0 Å². The summed E-state index contributed by atoms with van der Waals surface area (Å²) in [6.07, 6.45) is 0. The molecule has 0 spiro atoms. The predicted octanol–water partition coefficient (Wildman–Crippen LogP) is -1.26. The zero-order valence-electron chi connectivity index (χ0n) is 9.17. The smallest absolute Gasteiger partial charge is 0.321 e. The van der Waals surface area contributed by atoms with Crippen LogP contribution in [0.4, 0.5) is 4.79 Å². The SMILES string of the molecule is CCNC(=O)NC(=O)CN(C)C1CNC1. The number of amides is 3. The molecule has 0 radical (unpaired) electrons. The van der Waals surface area contributed by atoms with Crippen molar-refractivity contribution in [3.05, 3.63) is 0 Å². The van der Waals surface area contributed by atoms with Crippen molar-refractivity contribution in [3.63, 3.8) is 0 Å². The summed E-state index contributed by atoms with van der Waals surface area (Å²) in [5.74, 6) is -0.268. The molecule has 1 fully saturated rings. The maximum Gasteiger partial charge on any atom is 0.321 e. The van der Waals surface area contributed by atoms with Gasteiger partial charge in [0, 0.05) is 25.7 Å². The minimum absolute atomic E-state index is 0.253. The fourth-order valence-electron chi connectivity index (χ4n) is 1.31. The van der Waals surface area contributed by atoms with Crippen molar-refractivity contribution < 1.29 is 9.59 Å². The average Bonchev–Trinajstić information content (AvgIpc) is 1.99. The molecular weight excluding hydrogens is 196 g/mol. The van der Waals surface area contributed by atoms with Crippen LogP contribution in [-0.4, -0.2) is 56.1 Å². The van der Waals surface area contributed by atoms with Gasteiger partial charge in [-0.15, -0.1) is 0 Å². The van der Waals surface area contributed by atoms with Crippen molar-refractivity contribution in [1.82, 2.24) is 20.9 Å². The first-order valence-corrected chi connectivity index (χ1v) is 5.12. The Hall–Kier alpha value is -1.14. The van der Waals surface area contributed by atoms with Crippen LogP contribution in [0.15, 0.2) is 0 Å². The molecule has 1 rings (SSSR count). The van der Waals surface area contributed by atoms with Crippen molar-refractivity contribution in [2.24, 2.45) is 0 Å². The minimum Gasteiger partial charge on any atom is -0.338 e. The molecule has 0 aliphatic carbocycles. The van der Waals surface area contributed by atoms with Crippen LogP contribution < -0.4 is 16.0 Å². The molecule has 3 amide bonds. The number of hydrogen-bond donors (Lipinski definition) is 3. The predicted molar refractivity (Wildman–Crippen MR) is 56.5 cm³/mol. The molecule has 0 atom stereocenters. The molecule has 0 saturated carbocycles. The Balaban J connectivity index is 2.19. The van der Waals surface area contributed by atoms with Crippen LogP contribution >= 0.6 is 0 Å². The Morgan fingerprint density at radius 3 is 2.60 bits per heavy atom. The van der Waals surface area contributed by atoms with E-state index >= 15 is 0 Å². The van der Waals surface area contributed by atoms with E-state index in [-0.39, 0.29) is 12.5 Å². The van der Waals surface area contributed by atoms with Gasteiger partial charge >= 0.3 is 6.03 Å². The number of imide groups is 1. The van der Waals surface area contributed by atoms with E-state index in [0.717, 1.165) is 13.1 Å². The quantitative estimate of drug-likeness (QED) is 0.546. The lowest BCUT2D eigenvalue weighted by atomic mass is 10.1. The second-order valence-corrected chi connectivity index (χ2v) is 3.63. The van der Waals surface area contributed by atoms with E-state index in [2.05, 4.69) is 16.0 Å². The number of carbonyl (C=O) groups is 2. The van der Waals surface area contributed by atoms with Gasteiger partial charge in [-0.2, -0.15) is 0 Å². The summed E-state index contributed by atoms with van der Waals surface area (Å²) in [6, 6.07) is -0.0207. The van der Waals surface area contributed by atoms with Crippen LogP contribution in [0.1, 0.15) is 6.92 Å². The number of nitrogens with one attached hydrogen (secondary N) is 3. The first-order chi connectivity index (χ1) is 7.13. The molecule has 0 unspecified atom stereocenters. The standard InChI is InChI=1S/C9H18N4O2/c1-3-11-9(15)12-8(14)6-13(2)7-4-10-5-7/h7,10H,3-6H2,1-2H3,(H2,11,12,14,15). The molecule has 6 heteroatoms. The van der Waals surface area contributed by atoms with Gasteiger partial charge in [0.15, 0.2) is 0 Å². The van der Waals surface area contributed by atoms with Gasteiger partial charge in [-0.05, 0) is 14.0 Å². The summed E-state index contributed by atoms with van der Waals surface area (Å²) in [6.45, 7) is 4.39. The fourth-order valence-corrected chi connectivity index (χ4v) is 1.31. The van der Waals surface area contributed by atoms with Gasteiger partial charge < -0.3 is 10.6 Å². The summed E-state index contributed by atoms with van der Waals surface area (Å²) >= 11 is 0. The Kier molecular flexibility index (Phi) is 4.51. The van der Waals surface area contributed by atoms with Crippen LogP contribution in [0.3, 0.4) is 0 Å². The van der Waals surface area contributed by atoms with E-state index in [9.17, 15) is 9.59 Å². The highest BCUT2D eigenvalue weighted by Crippen LogP contribution is 2.00.